The summed E-state index contributed by atoms with van der Waals surface area (Å²) in [6.07, 6.45) is 0. The quantitative estimate of drug-likeness (QED) is 0.671. The molecule has 0 bridgehead atoms. The Morgan fingerprint density at radius 1 is 1.25 bits per heavy atom. The Balaban J connectivity index is 2.29. The Labute approximate surface area is 120 Å². The van der Waals surface area contributed by atoms with Crippen molar-refractivity contribution >= 4 is 34.6 Å². The van der Waals surface area contributed by atoms with E-state index in [-0.39, 0.29) is 10.6 Å². The summed E-state index contributed by atoms with van der Waals surface area (Å²) in [6, 6.07) is 9.07. The van der Waals surface area contributed by atoms with Crippen LogP contribution < -0.4 is 11.1 Å². The number of nitrogen functional groups attached to an aromatic ring is 1. The molecule has 20 heavy (non-hydrogen) atoms. The molecule has 0 radical (unpaired) electrons. The molecule has 104 valence electrons. The normalized spacial score (nSPS) is 10.2. The van der Waals surface area contributed by atoms with Crippen LogP contribution in [0.3, 0.4) is 0 Å². The highest BCUT2D eigenvalue weighted by Gasteiger charge is 2.11. The van der Waals surface area contributed by atoms with Gasteiger partial charge in [0.1, 0.15) is 5.82 Å². The predicted octanol–water partition coefficient (Wildman–Crippen LogP) is 3.59. The zero-order valence-corrected chi connectivity index (χ0v) is 11.4. The Morgan fingerprint density at radius 3 is 2.55 bits per heavy atom. The van der Waals surface area contributed by atoms with Crippen LogP contribution in [0.2, 0.25) is 5.02 Å². The zero-order valence-electron chi connectivity index (χ0n) is 10.6. The van der Waals surface area contributed by atoms with Crippen molar-refractivity contribution in [1.29, 1.82) is 0 Å². The maximum atomic E-state index is 13.1. The predicted molar refractivity (Wildman–Crippen MR) is 76.9 cm³/mol. The van der Waals surface area contributed by atoms with Crippen LogP contribution in [0.1, 0.15) is 10.4 Å². The molecule has 0 spiro atoms. The highest BCUT2D eigenvalue weighted by molar-refractivity contribution is 6.31. The van der Waals surface area contributed by atoms with E-state index in [1.54, 1.807) is 18.2 Å². The molecule has 0 saturated carbocycles. The number of esters is 1. The molecule has 3 N–H and O–H groups in total. The number of hydrogen-bond acceptors (Lipinski definition) is 4. The fraction of sp³-hybridized carbons (Fsp3) is 0.0714. The molecule has 4 nitrogen and oxygen atoms in total. The average molecular weight is 295 g/mol. The van der Waals surface area contributed by atoms with Crippen molar-refractivity contribution in [1.82, 2.24) is 0 Å². The Hall–Kier alpha value is -2.27. The Kier molecular flexibility index (Phi) is 4.10. The lowest BCUT2D eigenvalue weighted by Gasteiger charge is -2.10. The number of rotatable bonds is 3. The van der Waals surface area contributed by atoms with Crippen molar-refractivity contribution in [3.8, 4) is 0 Å². The van der Waals surface area contributed by atoms with Crippen molar-refractivity contribution in [3.63, 3.8) is 0 Å². The number of hydrogen-bond donors (Lipinski definition) is 2. The first-order chi connectivity index (χ1) is 9.51. The summed E-state index contributed by atoms with van der Waals surface area (Å²) in [7, 11) is 1.28. The van der Waals surface area contributed by atoms with E-state index >= 15 is 0 Å². The van der Waals surface area contributed by atoms with Crippen LogP contribution in [0.4, 0.5) is 21.5 Å². The van der Waals surface area contributed by atoms with Gasteiger partial charge in [0.05, 0.1) is 17.7 Å². The van der Waals surface area contributed by atoms with E-state index in [1.165, 1.54) is 25.3 Å². The van der Waals surface area contributed by atoms with Gasteiger partial charge in [-0.15, -0.1) is 0 Å². The molecule has 0 aliphatic carbocycles. The van der Waals surface area contributed by atoms with Gasteiger partial charge in [-0.1, -0.05) is 11.6 Å². The summed E-state index contributed by atoms with van der Waals surface area (Å²) in [5, 5.41) is 3.02. The van der Waals surface area contributed by atoms with Gasteiger partial charge in [0.25, 0.3) is 0 Å². The summed E-state index contributed by atoms with van der Waals surface area (Å²) in [5.41, 5.74) is 7.49. The second-order valence-corrected chi connectivity index (χ2v) is 4.45. The number of ether oxygens (including phenoxy) is 1. The minimum absolute atomic E-state index is 0.0126. The van der Waals surface area contributed by atoms with E-state index in [0.29, 0.717) is 17.1 Å². The number of nitrogens with one attached hydrogen (secondary N) is 1. The molecular weight excluding hydrogens is 283 g/mol. The number of methoxy groups -OCH3 is 1. The molecule has 6 heteroatoms. The number of carbonyl (C=O) groups excluding carboxylic acids is 1. The Morgan fingerprint density at radius 2 is 1.90 bits per heavy atom. The van der Waals surface area contributed by atoms with Crippen LogP contribution in [0, 0.1) is 5.82 Å². The topological polar surface area (TPSA) is 64.3 Å². The number of halogens is 2. The molecule has 0 aliphatic heterocycles. The van der Waals surface area contributed by atoms with Gasteiger partial charge < -0.3 is 15.8 Å². The average Bonchev–Trinajstić information content (AvgIpc) is 2.44. The van der Waals surface area contributed by atoms with Gasteiger partial charge in [0.2, 0.25) is 0 Å². The summed E-state index contributed by atoms with van der Waals surface area (Å²) < 4.78 is 17.7. The minimum atomic E-state index is -0.525. The number of benzene rings is 2. The summed E-state index contributed by atoms with van der Waals surface area (Å²) >= 11 is 5.70. The third-order valence-corrected chi connectivity index (χ3v) is 2.96. The molecule has 0 unspecified atom stereocenters. The fourth-order valence-electron chi connectivity index (χ4n) is 1.66. The Bertz CT molecular complexity index is 662. The van der Waals surface area contributed by atoms with Gasteiger partial charge in [0, 0.05) is 17.1 Å². The van der Waals surface area contributed by atoms with Crippen LogP contribution >= 0.6 is 11.6 Å². The van der Waals surface area contributed by atoms with Gasteiger partial charge in [0.15, 0.2) is 0 Å². The molecule has 0 amide bonds. The highest BCUT2D eigenvalue weighted by atomic mass is 35.5. The van der Waals surface area contributed by atoms with Crippen LogP contribution in [-0.2, 0) is 4.74 Å². The summed E-state index contributed by atoms with van der Waals surface area (Å²) in [6.45, 7) is 0. The van der Waals surface area contributed by atoms with Gasteiger partial charge in [-0.3, -0.25) is 0 Å². The van der Waals surface area contributed by atoms with E-state index in [0.717, 1.165) is 0 Å². The zero-order chi connectivity index (χ0) is 14.7. The molecule has 0 saturated heterocycles. The van der Waals surface area contributed by atoms with E-state index in [9.17, 15) is 9.18 Å². The molecule has 2 aromatic rings. The largest absolute Gasteiger partial charge is 0.465 e. The lowest BCUT2D eigenvalue weighted by Crippen LogP contribution is -2.06. The molecular formula is C14H12ClFN2O2. The second-order valence-electron chi connectivity index (χ2n) is 4.05. The summed E-state index contributed by atoms with van der Waals surface area (Å²) in [5.74, 6) is -1.02. The number of carbonyl (C=O) groups is 1. The second kappa shape index (κ2) is 5.79. The standard InChI is InChI=1S/C14H12ClFN2O2/c1-20-14(19)10-6-8(3-5-13(10)17)18-9-2-4-12(16)11(15)7-9/h2-7,18H,17H2,1H3. The van der Waals surface area contributed by atoms with Crippen molar-refractivity contribution in [2.45, 2.75) is 0 Å². The van der Waals surface area contributed by atoms with Crippen molar-refractivity contribution in [2.75, 3.05) is 18.2 Å². The van der Waals surface area contributed by atoms with Gasteiger partial charge in [-0.05, 0) is 36.4 Å². The van der Waals surface area contributed by atoms with Crippen LogP contribution in [0.15, 0.2) is 36.4 Å². The first-order valence-corrected chi connectivity index (χ1v) is 6.09. The van der Waals surface area contributed by atoms with Crippen LogP contribution in [0.25, 0.3) is 0 Å². The van der Waals surface area contributed by atoms with Crippen LogP contribution in [-0.4, -0.2) is 13.1 Å². The number of anilines is 3. The van der Waals surface area contributed by atoms with E-state index in [1.807, 2.05) is 0 Å². The smallest absolute Gasteiger partial charge is 0.340 e. The maximum Gasteiger partial charge on any atom is 0.340 e. The molecule has 0 heterocycles. The molecule has 2 rings (SSSR count). The monoisotopic (exact) mass is 294 g/mol. The maximum absolute atomic E-state index is 13.1. The van der Waals surface area contributed by atoms with Crippen molar-refractivity contribution in [3.05, 3.63) is 52.8 Å². The minimum Gasteiger partial charge on any atom is -0.465 e. The highest BCUT2D eigenvalue weighted by Crippen LogP contribution is 2.25. The SMILES string of the molecule is COC(=O)c1cc(Nc2ccc(F)c(Cl)c2)ccc1N. The summed E-state index contributed by atoms with van der Waals surface area (Å²) in [4.78, 5) is 11.5. The van der Waals surface area contributed by atoms with Crippen molar-refractivity contribution in [2.24, 2.45) is 0 Å². The van der Waals surface area contributed by atoms with Gasteiger partial charge in [-0.25, -0.2) is 9.18 Å². The lowest BCUT2D eigenvalue weighted by molar-refractivity contribution is 0.0602. The van der Waals surface area contributed by atoms with E-state index in [2.05, 4.69) is 10.1 Å². The third-order valence-electron chi connectivity index (χ3n) is 2.67. The molecule has 0 fully saturated rings. The molecule has 2 aromatic carbocycles. The van der Waals surface area contributed by atoms with Crippen molar-refractivity contribution < 1.29 is 13.9 Å². The van der Waals surface area contributed by atoms with Gasteiger partial charge in [-0.2, -0.15) is 0 Å². The van der Waals surface area contributed by atoms with Crippen LogP contribution in [0.5, 0.6) is 0 Å². The first kappa shape index (κ1) is 14.1. The van der Waals surface area contributed by atoms with E-state index < -0.39 is 11.8 Å². The fourth-order valence-corrected chi connectivity index (χ4v) is 1.84. The molecule has 0 aliphatic rings. The van der Waals surface area contributed by atoms with Gasteiger partial charge >= 0.3 is 5.97 Å². The first-order valence-electron chi connectivity index (χ1n) is 5.71. The number of nitrogens with two attached hydrogens (primary N) is 1. The molecule has 0 aromatic heterocycles. The lowest BCUT2D eigenvalue weighted by atomic mass is 10.1. The van der Waals surface area contributed by atoms with E-state index in [4.69, 9.17) is 17.3 Å². The molecule has 0 atom stereocenters. The third kappa shape index (κ3) is 3.00.